The minimum absolute atomic E-state index is 0.501. The summed E-state index contributed by atoms with van der Waals surface area (Å²) in [4.78, 5) is 3.95. The van der Waals surface area contributed by atoms with Crippen molar-refractivity contribution in [3.05, 3.63) is 57.8 Å². The number of hydrogen-bond acceptors (Lipinski definition) is 2. The standard InChI is InChI=1S/C12H9BrClNO/c13-10-3-1-2-9(4-10)8-16-12-5-11(14)6-15-7-12/h1-7H,8H2. The van der Waals surface area contributed by atoms with Crippen LogP contribution in [0.4, 0.5) is 0 Å². The maximum Gasteiger partial charge on any atom is 0.139 e. The Balaban J connectivity index is 2.02. The van der Waals surface area contributed by atoms with E-state index in [2.05, 4.69) is 20.9 Å². The zero-order valence-corrected chi connectivity index (χ0v) is 10.7. The van der Waals surface area contributed by atoms with E-state index in [4.69, 9.17) is 16.3 Å². The highest BCUT2D eigenvalue weighted by Crippen LogP contribution is 2.17. The Morgan fingerprint density at radius 3 is 2.88 bits per heavy atom. The first-order chi connectivity index (χ1) is 7.74. The average Bonchev–Trinajstić information content (AvgIpc) is 2.27. The molecular weight excluding hydrogens is 289 g/mol. The van der Waals surface area contributed by atoms with E-state index >= 15 is 0 Å². The van der Waals surface area contributed by atoms with Gasteiger partial charge in [-0.15, -0.1) is 0 Å². The average molecular weight is 299 g/mol. The largest absolute Gasteiger partial charge is 0.487 e. The van der Waals surface area contributed by atoms with Gasteiger partial charge < -0.3 is 4.74 Å². The predicted octanol–water partition coefficient (Wildman–Crippen LogP) is 4.08. The SMILES string of the molecule is Clc1cncc(OCc2cccc(Br)c2)c1. The van der Waals surface area contributed by atoms with Crippen LogP contribution >= 0.6 is 27.5 Å². The highest BCUT2D eigenvalue weighted by Gasteiger charge is 1.98. The van der Waals surface area contributed by atoms with Crippen molar-refractivity contribution in [1.82, 2.24) is 4.98 Å². The number of rotatable bonds is 3. The summed E-state index contributed by atoms with van der Waals surface area (Å²) in [6.07, 6.45) is 3.22. The normalized spacial score (nSPS) is 10.1. The zero-order chi connectivity index (χ0) is 11.4. The predicted molar refractivity (Wildman–Crippen MR) is 67.7 cm³/mol. The molecule has 1 aromatic carbocycles. The molecule has 0 saturated heterocycles. The number of benzene rings is 1. The van der Waals surface area contributed by atoms with Gasteiger partial charge in [0.05, 0.1) is 11.2 Å². The molecule has 4 heteroatoms. The van der Waals surface area contributed by atoms with Crippen LogP contribution in [0.3, 0.4) is 0 Å². The molecule has 0 radical (unpaired) electrons. The third-order valence-corrected chi connectivity index (χ3v) is 2.67. The van der Waals surface area contributed by atoms with E-state index in [1.807, 2.05) is 24.3 Å². The van der Waals surface area contributed by atoms with E-state index in [1.54, 1.807) is 18.5 Å². The van der Waals surface area contributed by atoms with E-state index in [9.17, 15) is 0 Å². The summed E-state index contributed by atoms with van der Waals surface area (Å²) in [6.45, 7) is 0.501. The van der Waals surface area contributed by atoms with Crippen molar-refractivity contribution >= 4 is 27.5 Å². The smallest absolute Gasteiger partial charge is 0.139 e. The second-order valence-corrected chi connectivity index (χ2v) is 4.61. The van der Waals surface area contributed by atoms with Crippen LogP contribution in [0, 0.1) is 0 Å². The molecule has 2 nitrogen and oxygen atoms in total. The molecule has 2 rings (SSSR count). The lowest BCUT2D eigenvalue weighted by Gasteiger charge is -2.06. The molecule has 0 amide bonds. The van der Waals surface area contributed by atoms with Crippen LogP contribution in [0.25, 0.3) is 0 Å². The van der Waals surface area contributed by atoms with Crippen molar-refractivity contribution < 1.29 is 4.74 Å². The van der Waals surface area contributed by atoms with E-state index in [-0.39, 0.29) is 0 Å². The summed E-state index contributed by atoms with van der Waals surface area (Å²) < 4.78 is 6.60. The molecule has 0 saturated carbocycles. The van der Waals surface area contributed by atoms with Crippen molar-refractivity contribution in [2.75, 3.05) is 0 Å². The summed E-state index contributed by atoms with van der Waals surface area (Å²) in [7, 11) is 0. The molecule has 0 N–H and O–H groups in total. The first-order valence-corrected chi connectivity index (χ1v) is 5.89. The van der Waals surface area contributed by atoms with Crippen LogP contribution in [-0.4, -0.2) is 4.98 Å². The summed E-state index contributed by atoms with van der Waals surface area (Å²) in [5.74, 6) is 0.674. The van der Waals surface area contributed by atoms with Gasteiger partial charge in [0.25, 0.3) is 0 Å². The third-order valence-electron chi connectivity index (χ3n) is 1.97. The number of pyridine rings is 1. The Kier molecular flexibility index (Phi) is 3.80. The Morgan fingerprint density at radius 1 is 1.25 bits per heavy atom. The van der Waals surface area contributed by atoms with E-state index < -0.39 is 0 Å². The van der Waals surface area contributed by atoms with Gasteiger partial charge in [0, 0.05) is 16.7 Å². The molecule has 0 aliphatic rings. The molecule has 82 valence electrons. The first kappa shape index (κ1) is 11.4. The molecule has 0 unspecified atom stereocenters. The van der Waals surface area contributed by atoms with Crippen LogP contribution in [0.5, 0.6) is 5.75 Å². The number of nitrogens with zero attached hydrogens (tertiary/aromatic N) is 1. The molecule has 2 aromatic rings. The van der Waals surface area contributed by atoms with Gasteiger partial charge in [-0.05, 0) is 17.7 Å². The zero-order valence-electron chi connectivity index (χ0n) is 8.36. The Morgan fingerprint density at radius 2 is 2.12 bits per heavy atom. The van der Waals surface area contributed by atoms with Gasteiger partial charge >= 0.3 is 0 Å². The summed E-state index contributed by atoms with van der Waals surface area (Å²) in [5, 5.41) is 0.576. The van der Waals surface area contributed by atoms with Crippen molar-refractivity contribution in [3.8, 4) is 5.75 Å². The van der Waals surface area contributed by atoms with Crippen LogP contribution < -0.4 is 4.74 Å². The number of aromatic nitrogens is 1. The highest BCUT2D eigenvalue weighted by atomic mass is 79.9. The lowest BCUT2D eigenvalue weighted by atomic mass is 10.2. The van der Waals surface area contributed by atoms with E-state index in [0.717, 1.165) is 10.0 Å². The Labute approximate surface area is 107 Å². The van der Waals surface area contributed by atoms with Gasteiger partial charge in [0.1, 0.15) is 12.4 Å². The lowest BCUT2D eigenvalue weighted by Crippen LogP contribution is -1.95. The second kappa shape index (κ2) is 5.32. The van der Waals surface area contributed by atoms with Crippen molar-refractivity contribution in [1.29, 1.82) is 0 Å². The summed E-state index contributed by atoms with van der Waals surface area (Å²) in [6, 6.07) is 9.71. The highest BCUT2D eigenvalue weighted by molar-refractivity contribution is 9.10. The van der Waals surface area contributed by atoms with Crippen molar-refractivity contribution in [3.63, 3.8) is 0 Å². The molecule has 1 heterocycles. The Bertz CT molecular complexity index is 444. The quantitative estimate of drug-likeness (QED) is 0.852. The maximum absolute atomic E-state index is 5.80. The minimum atomic E-state index is 0.501. The summed E-state index contributed by atoms with van der Waals surface area (Å²) >= 11 is 9.21. The number of hydrogen-bond donors (Lipinski definition) is 0. The molecule has 0 bridgehead atoms. The molecule has 1 aromatic heterocycles. The molecule has 0 spiro atoms. The minimum Gasteiger partial charge on any atom is -0.487 e. The fourth-order valence-corrected chi connectivity index (χ4v) is 1.88. The van der Waals surface area contributed by atoms with Gasteiger partial charge in [0.2, 0.25) is 0 Å². The first-order valence-electron chi connectivity index (χ1n) is 4.72. The van der Waals surface area contributed by atoms with Crippen molar-refractivity contribution in [2.24, 2.45) is 0 Å². The molecular formula is C12H9BrClNO. The maximum atomic E-state index is 5.80. The van der Waals surface area contributed by atoms with Crippen LogP contribution in [-0.2, 0) is 6.61 Å². The number of ether oxygens (including phenoxy) is 1. The van der Waals surface area contributed by atoms with Crippen LogP contribution in [0.1, 0.15) is 5.56 Å². The molecule has 0 aliphatic heterocycles. The summed E-state index contributed by atoms with van der Waals surface area (Å²) in [5.41, 5.74) is 1.09. The van der Waals surface area contributed by atoms with Crippen molar-refractivity contribution in [2.45, 2.75) is 6.61 Å². The molecule has 0 atom stereocenters. The van der Waals surface area contributed by atoms with Gasteiger partial charge in [-0.25, -0.2) is 0 Å². The van der Waals surface area contributed by atoms with E-state index in [1.165, 1.54) is 0 Å². The lowest BCUT2D eigenvalue weighted by molar-refractivity contribution is 0.305. The third kappa shape index (κ3) is 3.22. The fourth-order valence-electron chi connectivity index (χ4n) is 1.26. The molecule has 0 fully saturated rings. The van der Waals surface area contributed by atoms with E-state index in [0.29, 0.717) is 17.4 Å². The van der Waals surface area contributed by atoms with Crippen LogP contribution in [0.2, 0.25) is 5.02 Å². The van der Waals surface area contributed by atoms with Gasteiger partial charge in [-0.2, -0.15) is 0 Å². The number of halogens is 2. The molecule has 16 heavy (non-hydrogen) atoms. The van der Waals surface area contributed by atoms with Gasteiger partial charge in [-0.1, -0.05) is 39.7 Å². The monoisotopic (exact) mass is 297 g/mol. The van der Waals surface area contributed by atoms with Crippen LogP contribution in [0.15, 0.2) is 47.2 Å². The van der Waals surface area contributed by atoms with Gasteiger partial charge in [0.15, 0.2) is 0 Å². The van der Waals surface area contributed by atoms with Gasteiger partial charge in [-0.3, -0.25) is 4.98 Å². The Hall–Kier alpha value is -1.06. The molecule has 0 aliphatic carbocycles. The second-order valence-electron chi connectivity index (χ2n) is 3.26. The fraction of sp³-hybridized carbons (Fsp3) is 0.0833. The topological polar surface area (TPSA) is 22.1 Å².